The second-order valence-electron chi connectivity index (χ2n) is 2.74. The molecule has 0 aliphatic carbocycles. The van der Waals surface area contributed by atoms with E-state index in [1.807, 2.05) is 6.92 Å². The molecule has 13 heavy (non-hydrogen) atoms. The number of hydrogen-bond acceptors (Lipinski definition) is 2. The molecule has 2 nitrogen and oxygen atoms in total. The summed E-state index contributed by atoms with van der Waals surface area (Å²) < 4.78 is 5.18. The molecular formula is C11H16O2. The van der Waals surface area contributed by atoms with Gasteiger partial charge in [0.25, 0.3) is 0 Å². The van der Waals surface area contributed by atoms with Crippen LogP contribution < -0.4 is 0 Å². The van der Waals surface area contributed by atoms with E-state index < -0.39 is 11.6 Å². The molecule has 0 N–H and O–H groups in total. The van der Waals surface area contributed by atoms with E-state index in [0.717, 1.165) is 6.08 Å². The lowest BCUT2D eigenvalue weighted by Crippen LogP contribution is -2.30. The molecule has 0 fully saturated rings. The molecule has 0 aromatic heterocycles. The fourth-order valence-corrected chi connectivity index (χ4v) is 1.01. The second kappa shape index (κ2) is 5.36. The maximum Gasteiger partial charge on any atom is 0.331 e. The van der Waals surface area contributed by atoms with Gasteiger partial charge < -0.3 is 4.74 Å². The van der Waals surface area contributed by atoms with Gasteiger partial charge in [-0.1, -0.05) is 26.2 Å². The van der Waals surface area contributed by atoms with Crippen molar-refractivity contribution in [3.05, 3.63) is 38.0 Å². The fraction of sp³-hybridized carbons (Fsp3) is 0.364. The van der Waals surface area contributed by atoms with Crippen LogP contribution in [-0.2, 0) is 9.53 Å². The van der Waals surface area contributed by atoms with E-state index in [0.29, 0.717) is 12.8 Å². The van der Waals surface area contributed by atoms with Crippen molar-refractivity contribution in [2.24, 2.45) is 0 Å². The van der Waals surface area contributed by atoms with Gasteiger partial charge in [0.05, 0.1) is 0 Å². The van der Waals surface area contributed by atoms with Crippen molar-refractivity contribution in [2.75, 3.05) is 0 Å². The lowest BCUT2D eigenvalue weighted by Gasteiger charge is -2.27. The molecule has 0 aromatic rings. The summed E-state index contributed by atoms with van der Waals surface area (Å²) in [7, 11) is 0. The van der Waals surface area contributed by atoms with E-state index in [4.69, 9.17) is 4.74 Å². The minimum atomic E-state index is -0.618. The Morgan fingerprint density at radius 2 is 2.08 bits per heavy atom. The molecule has 2 heteroatoms. The first-order chi connectivity index (χ1) is 6.14. The van der Waals surface area contributed by atoms with Gasteiger partial charge in [0.2, 0.25) is 0 Å². The first-order valence-electron chi connectivity index (χ1n) is 4.24. The van der Waals surface area contributed by atoms with Gasteiger partial charge in [-0.25, -0.2) is 4.79 Å². The zero-order valence-electron chi connectivity index (χ0n) is 8.08. The molecule has 0 saturated heterocycles. The van der Waals surface area contributed by atoms with Crippen molar-refractivity contribution in [3.8, 4) is 0 Å². The lowest BCUT2D eigenvalue weighted by molar-refractivity contribution is -0.148. The SMILES string of the molecule is C=CCC(C=C)(CC)OC(=O)C=C. The molecule has 0 radical (unpaired) electrons. The standard InChI is InChI=1S/C11H16O2/c1-5-9-11(7-3,8-4)13-10(12)6-2/h5-7H,1-3,8-9H2,4H3. The molecule has 1 atom stereocenters. The third-order valence-corrected chi connectivity index (χ3v) is 1.93. The Morgan fingerprint density at radius 3 is 2.38 bits per heavy atom. The maximum atomic E-state index is 11.0. The monoisotopic (exact) mass is 180 g/mol. The smallest absolute Gasteiger partial charge is 0.331 e. The summed E-state index contributed by atoms with van der Waals surface area (Å²) >= 11 is 0. The molecule has 0 aliphatic heterocycles. The molecule has 0 saturated carbocycles. The minimum Gasteiger partial charge on any atom is -0.451 e. The van der Waals surface area contributed by atoms with Gasteiger partial charge in [-0.15, -0.1) is 6.58 Å². The summed E-state index contributed by atoms with van der Waals surface area (Å²) in [6.07, 6.45) is 5.75. The number of hydrogen-bond donors (Lipinski definition) is 0. The summed E-state index contributed by atoms with van der Waals surface area (Å²) in [6.45, 7) is 12.5. The molecule has 1 unspecified atom stereocenters. The second-order valence-corrected chi connectivity index (χ2v) is 2.74. The van der Waals surface area contributed by atoms with Crippen LogP contribution in [-0.4, -0.2) is 11.6 Å². The van der Waals surface area contributed by atoms with E-state index >= 15 is 0 Å². The van der Waals surface area contributed by atoms with Crippen LogP contribution in [0.1, 0.15) is 19.8 Å². The van der Waals surface area contributed by atoms with Crippen LogP contribution in [0.4, 0.5) is 0 Å². The highest BCUT2D eigenvalue weighted by molar-refractivity contribution is 5.81. The van der Waals surface area contributed by atoms with Gasteiger partial charge in [0.1, 0.15) is 5.60 Å². The number of rotatable bonds is 6. The average molecular weight is 180 g/mol. The van der Waals surface area contributed by atoms with Crippen molar-refractivity contribution in [2.45, 2.75) is 25.4 Å². The van der Waals surface area contributed by atoms with E-state index in [2.05, 4.69) is 19.7 Å². The molecular weight excluding hydrogens is 164 g/mol. The summed E-state index contributed by atoms with van der Waals surface area (Å²) in [6, 6.07) is 0. The highest BCUT2D eigenvalue weighted by Crippen LogP contribution is 2.22. The summed E-state index contributed by atoms with van der Waals surface area (Å²) in [5.41, 5.74) is -0.618. The van der Waals surface area contributed by atoms with Crippen LogP contribution in [0.2, 0.25) is 0 Å². The normalized spacial score (nSPS) is 13.9. The van der Waals surface area contributed by atoms with E-state index in [-0.39, 0.29) is 0 Å². The van der Waals surface area contributed by atoms with Crippen LogP contribution >= 0.6 is 0 Å². The van der Waals surface area contributed by atoms with Gasteiger partial charge in [-0.2, -0.15) is 0 Å². The van der Waals surface area contributed by atoms with Gasteiger partial charge in [0, 0.05) is 12.5 Å². The largest absolute Gasteiger partial charge is 0.451 e. The van der Waals surface area contributed by atoms with Crippen LogP contribution in [0, 0.1) is 0 Å². The third-order valence-electron chi connectivity index (χ3n) is 1.93. The van der Waals surface area contributed by atoms with Crippen LogP contribution in [0.15, 0.2) is 38.0 Å². The Morgan fingerprint density at radius 1 is 1.46 bits per heavy atom. The number of ether oxygens (including phenoxy) is 1. The van der Waals surface area contributed by atoms with Crippen molar-refractivity contribution >= 4 is 5.97 Å². The summed E-state index contributed by atoms with van der Waals surface area (Å²) in [4.78, 5) is 11.0. The molecule has 0 spiro atoms. The number of carbonyl (C=O) groups is 1. The first-order valence-corrected chi connectivity index (χ1v) is 4.24. The molecule has 0 amide bonds. The highest BCUT2D eigenvalue weighted by Gasteiger charge is 2.26. The number of esters is 1. The van der Waals surface area contributed by atoms with Crippen molar-refractivity contribution in [3.63, 3.8) is 0 Å². The Balaban J connectivity index is 4.54. The van der Waals surface area contributed by atoms with Crippen LogP contribution in [0.5, 0.6) is 0 Å². The Kier molecular flexibility index (Phi) is 4.82. The van der Waals surface area contributed by atoms with Crippen LogP contribution in [0.25, 0.3) is 0 Å². The topological polar surface area (TPSA) is 26.3 Å². The predicted octanol–water partition coefficient (Wildman–Crippen LogP) is 2.63. The van der Waals surface area contributed by atoms with Crippen molar-refractivity contribution in [1.29, 1.82) is 0 Å². The van der Waals surface area contributed by atoms with Gasteiger partial charge in [-0.05, 0) is 12.5 Å². The molecule has 72 valence electrons. The number of carbonyl (C=O) groups excluding carboxylic acids is 1. The fourth-order valence-electron chi connectivity index (χ4n) is 1.01. The van der Waals surface area contributed by atoms with Gasteiger partial charge in [0.15, 0.2) is 0 Å². The summed E-state index contributed by atoms with van der Waals surface area (Å²) in [5, 5.41) is 0. The lowest BCUT2D eigenvalue weighted by atomic mass is 9.96. The van der Waals surface area contributed by atoms with Crippen molar-refractivity contribution < 1.29 is 9.53 Å². The molecule has 0 rings (SSSR count). The molecule has 0 aromatic carbocycles. The van der Waals surface area contributed by atoms with Crippen LogP contribution in [0.3, 0.4) is 0 Å². The van der Waals surface area contributed by atoms with Crippen molar-refractivity contribution in [1.82, 2.24) is 0 Å². The van der Waals surface area contributed by atoms with E-state index in [1.165, 1.54) is 0 Å². The first kappa shape index (κ1) is 11.7. The third kappa shape index (κ3) is 3.28. The van der Waals surface area contributed by atoms with Gasteiger partial charge >= 0.3 is 5.97 Å². The zero-order valence-corrected chi connectivity index (χ0v) is 8.08. The molecule has 0 heterocycles. The predicted molar refractivity (Wildman–Crippen MR) is 54.3 cm³/mol. The Hall–Kier alpha value is -1.31. The molecule has 0 bridgehead atoms. The van der Waals surface area contributed by atoms with E-state index in [1.54, 1.807) is 12.2 Å². The van der Waals surface area contributed by atoms with E-state index in [9.17, 15) is 4.79 Å². The minimum absolute atomic E-state index is 0.427. The Labute approximate surface area is 79.6 Å². The zero-order chi connectivity index (χ0) is 10.3. The summed E-state index contributed by atoms with van der Waals surface area (Å²) in [5.74, 6) is -0.427. The maximum absolute atomic E-state index is 11.0. The van der Waals surface area contributed by atoms with Gasteiger partial charge in [-0.3, -0.25) is 0 Å². The Bertz CT molecular complexity index is 218. The highest BCUT2D eigenvalue weighted by atomic mass is 16.6. The average Bonchev–Trinajstić information content (AvgIpc) is 2.17. The quantitative estimate of drug-likeness (QED) is 0.357. The molecule has 0 aliphatic rings.